The molecule has 1 aliphatic heterocycles. The summed E-state index contributed by atoms with van der Waals surface area (Å²) < 4.78 is 9.96. The molecule has 0 aromatic heterocycles. The lowest BCUT2D eigenvalue weighted by Crippen LogP contribution is -2.52. The number of amides is 1. The van der Waals surface area contributed by atoms with Gasteiger partial charge >= 0.3 is 12.1 Å². The maximum absolute atomic E-state index is 11.9. The Morgan fingerprint density at radius 2 is 1.84 bits per heavy atom. The summed E-state index contributed by atoms with van der Waals surface area (Å²) in [5, 5.41) is 0. The second kappa shape index (κ2) is 6.96. The van der Waals surface area contributed by atoms with Crippen molar-refractivity contribution < 1.29 is 19.1 Å². The van der Waals surface area contributed by atoms with Gasteiger partial charge in [-0.15, -0.1) is 12.4 Å². The summed E-state index contributed by atoms with van der Waals surface area (Å²) in [6, 6.07) is -0.227. The van der Waals surface area contributed by atoms with Crippen LogP contribution in [0, 0.1) is 5.92 Å². The molecule has 1 heterocycles. The van der Waals surface area contributed by atoms with E-state index in [9.17, 15) is 9.59 Å². The van der Waals surface area contributed by atoms with Crippen LogP contribution in [0.15, 0.2) is 0 Å². The molecule has 0 aromatic rings. The molecule has 1 aliphatic rings. The SMILES string of the molecule is COC(=O)[C@H]1C[C@@H](N)CN(C(=O)OC(C)(C)C)C1.Cl. The van der Waals surface area contributed by atoms with Crippen molar-refractivity contribution in [3.8, 4) is 0 Å². The highest BCUT2D eigenvalue weighted by Crippen LogP contribution is 2.19. The van der Waals surface area contributed by atoms with Crippen LogP contribution < -0.4 is 5.73 Å². The molecule has 0 unspecified atom stereocenters. The van der Waals surface area contributed by atoms with Gasteiger partial charge in [0, 0.05) is 19.1 Å². The number of likely N-dealkylation sites (tertiary alicyclic amines) is 1. The van der Waals surface area contributed by atoms with Gasteiger partial charge in [-0.05, 0) is 27.2 Å². The van der Waals surface area contributed by atoms with Crippen LogP contribution >= 0.6 is 12.4 Å². The highest BCUT2D eigenvalue weighted by molar-refractivity contribution is 5.85. The number of hydrogen-bond donors (Lipinski definition) is 1. The predicted molar refractivity (Wildman–Crippen MR) is 73.2 cm³/mol. The number of hydrogen-bond acceptors (Lipinski definition) is 5. The smallest absolute Gasteiger partial charge is 0.410 e. The first-order valence-corrected chi connectivity index (χ1v) is 6.04. The first-order chi connectivity index (χ1) is 8.23. The largest absolute Gasteiger partial charge is 0.469 e. The molecule has 1 fully saturated rings. The van der Waals surface area contributed by atoms with Crippen LogP contribution in [0.1, 0.15) is 27.2 Å². The molecule has 0 saturated carbocycles. The predicted octanol–water partition coefficient (Wildman–Crippen LogP) is 1.17. The van der Waals surface area contributed by atoms with E-state index in [1.54, 1.807) is 20.8 Å². The first-order valence-electron chi connectivity index (χ1n) is 6.04. The van der Waals surface area contributed by atoms with Crippen LogP contribution in [0.2, 0.25) is 0 Å². The Kier molecular flexibility index (Phi) is 6.59. The van der Waals surface area contributed by atoms with Gasteiger partial charge in [0.15, 0.2) is 0 Å². The quantitative estimate of drug-likeness (QED) is 0.734. The van der Waals surface area contributed by atoms with Crippen molar-refractivity contribution in [1.82, 2.24) is 4.90 Å². The summed E-state index contributed by atoms with van der Waals surface area (Å²) in [5.74, 6) is -0.704. The molecule has 0 aromatic carbocycles. The van der Waals surface area contributed by atoms with Crippen molar-refractivity contribution in [3.63, 3.8) is 0 Å². The minimum Gasteiger partial charge on any atom is -0.469 e. The van der Waals surface area contributed by atoms with Gasteiger partial charge in [-0.3, -0.25) is 4.79 Å². The second-order valence-corrected chi connectivity index (χ2v) is 5.60. The molecule has 6 nitrogen and oxygen atoms in total. The molecule has 1 saturated heterocycles. The highest BCUT2D eigenvalue weighted by Gasteiger charge is 2.34. The van der Waals surface area contributed by atoms with Gasteiger partial charge in [-0.2, -0.15) is 0 Å². The molecule has 0 radical (unpaired) electrons. The van der Waals surface area contributed by atoms with Crippen LogP contribution in [-0.4, -0.2) is 48.8 Å². The molecule has 1 amide bonds. The van der Waals surface area contributed by atoms with Gasteiger partial charge in [0.1, 0.15) is 5.60 Å². The molecule has 0 aliphatic carbocycles. The van der Waals surface area contributed by atoms with Gasteiger partial charge < -0.3 is 20.1 Å². The number of nitrogens with zero attached hydrogens (tertiary/aromatic N) is 1. The molecule has 2 N–H and O–H groups in total. The third-order valence-corrected chi connectivity index (χ3v) is 2.67. The zero-order valence-corrected chi connectivity index (χ0v) is 12.7. The Morgan fingerprint density at radius 3 is 2.32 bits per heavy atom. The van der Waals surface area contributed by atoms with Gasteiger partial charge in [0.2, 0.25) is 0 Å². The second-order valence-electron chi connectivity index (χ2n) is 5.60. The third-order valence-electron chi connectivity index (χ3n) is 2.67. The fourth-order valence-electron chi connectivity index (χ4n) is 1.95. The fraction of sp³-hybridized carbons (Fsp3) is 0.833. The van der Waals surface area contributed by atoms with E-state index in [1.807, 2.05) is 0 Å². The standard InChI is InChI=1S/C12H22N2O4.ClH/c1-12(2,3)18-11(16)14-6-8(10(15)17-4)5-9(13)7-14;/h8-9H,5-7,13H2,1-4H3;1H/t8-,9+;/m0./s1. The number of rotatable bonds is 1. The number of methoxy groups -OCH3 is 1. The molecular formula is C12H23ClN2O4. The normalized spacial score (nSPS) is 23.3. The number of esters is 1. The van der Waals surface area contributed by atoms with E-state index in [0.29, 0.717) is 19.5 Å². The van der Waals surface area contributed by atoms with Crippen molar-refractivity contribution in [1.29, 1.82) is 0 Å². The maximum Gasteiger partial charge on any atom is 0.410 e. The summed E-state index contributed by atoms with van der Waals surface area (Å²) >= 11 is 0. The van der Waals surface area contributed by atoms with E-state index >= 15 is 0 Å². The highest BCUT2D eigenvalue weighted by atomic mass is 35.5. The van der Waals surface area contributed by atoms with Crippen molar-refractivity contribution in [3.05, 3.63) is 0 Å². The van der Waals surface area contributed by atoms with Gasteiger partial charge in [-0.25, -0.2) is 4.79 Å². The van der Waals surface area contributed by atoms with Crippen LogP contribution in [0.25, 0.3) is 0 Å². The van der Waals surface area contributed by atoms with Gasteiger partial charge in [-0.1, -0.05) is 0 Å². The van der Waals surface area contributed by atoms with E-state index in [0.717, 1.165) is 0 Å². The summed E-state index contributed by atoms with van der Waals surface area (Å²) in [6.45, 7) is 6.10. The van der Waals surface area contributed by atoms with Crippen LogP contribution in [0.3, 0.4) is 0 Å². The van der Waals surface area contributed by atoms with E-state index < -0.39 is 11.7 Å². The van der Waals surface area contributed by atoms with E-state index in [1.165, 1.54) is 12.0 Å². The first kappa shape index (κ1) is 18.0. The topological polar surface area (TPSA) is 81.9 Å². The molecule has 0 bridgehead atoms. The lowest BCUT2D eigenvalue weighted by atomic mass is 9.95. The molecule has 1 rings (SSSR count). The zero-order valence-electron chi connectivity index (χ0n) is 11.8. The Hall–Kier alpha value is -1.01. The Morgan fingerprint density at radius 1 is 1.26 bits per heavy atom. The summed E-state index contributed by atoms with van der Waals surface area (Å²) in [4.78, 5) is 24.9. The fourth-order valence-corrected chi connectivity index (χ4v) is 1.95. The van der Waals surface area contributed by atoms with Crippen molar-refractivity contribution in [2.45, 2.75) is 38.8 Å². The lowest BCUT2D eigenvalue weighted by molar-refractivity contribution is -0.147. The minimum atomic E-state index is -0.556. The molecular weight excluding hydrogens is 272 g/mol. The summed E-state index contributed by atoms with van der Waals surface area (Å²) in [6.07, 6.45) is 0.0953. The number of halogens is 1. The monoisotopic (exact) mass is 294 g/mol. The number of ether oxygens (including phenoxy) is 2. The molecule has 7 heteroatoms. The number of carbonyl (C=O) groups is 2. The van der Waals surface area contributed by atoms with Gasteiger partial charge in [0.25, 0.3) is 0 Å². The van der Waals surface area contributed by atoms with Gasteiger partial charge in [0.05, 0.1) is 13.0 Å². The molecule has 112 valence electrons. The van der Waals surface area contributed by atoms with Crippen molar-refractivity contribution in [2.75, 3.05) is 20.2 Å². The third kappa shape index (κ3) is 5.65. The van der Waals surface area contributed by atoms with Crippen molar-refractivity contribution >= 4 is 24.5 Å². The Bertz CT molecular complexity index is 330. The number of carbonyl (C=O) groups excluding carboxylic acids is 2. The van der Waals surface area contributed by atoms with E-state index in [4.69, 9.17) is 15.2 Å². The lowest BCUT2D eigenvalue weighted by Gasteiger charge is -2.35. The summed E-state index contributed by atoms with van der Waals surface area (Å²) in [7, 11) is 1.33. The molecule has 2 atom stereocenters. The van der Waals surface area contributed by atoms with Crippen LogP contribution in [0.4, 0.5) is 4.79 Å². The van der Waals surface area contributed by atoms with E-state index in [2.05, 4.69) is 0 Å². The number of piperidine rings is 1. The number of nitrogens with two attached hydrogens (primary N) is 1. The zero-order chi connectivity index (χ0) is 13.9. The van der Waals surface area contributed by atoms with E-state index in [-0.39, 0.29) is 30.3 Å². The van der Waals surface area contributed by atoms with Crippen LogP contribution in [-0.2, 0) is 14.3 Å². The average molecular weight is 295 g/mol. The molecule has 19 heavy (non-hydrogen) atoms. The minimum absolute atomic E-state index is 0. The molecule has 0 spiro atoms. The Balaban J connectivity index is 0.00000324. The Labute approximate surface area is 120 Å². The average Bonchev–Trinajstić information content (AvgIpc) is 2.24. The van der Waals surface area contributed by atoms with Crippen LogP contribution in [0.5, 0.6) is 0 Å². The summed E-state index contributed by atoms with van der Waals surface area (Å²) in [5.41, 5.74) is 5.30. The maximum atomic E-state index is 11.9. The van der Waals surface area contributed by atoms with Crippen molar-refractivity contribution in [2.24, 2.45) is 11.7 Å².